The van der Waals surface area contributed by atoms with Crippen LogP contribution in [0.5, 0.6) is 0 Å². The molecule has 2 nitrogen and oxygen atoms in total. The van der Waals surface area contributed by atoms with Gasteiger partial charge in [0.1, 0.15) is 0 Å². The number of halogens is 1. The summed E-state index contributed by atoms with van der Waals surface area (Å²) in [6.07, 6.45) is 1.68. The zero-order valence-electron chi connectivity index (χ0n) is 6.57. The van der Waals surface area contributed by atoms with Gasteiger partial charge >= 0.3 is 0 Å². The van der Waals surface area contributed by atoms with E-state index in [2.05, 4.69) is 12.6 Å². The van der Waals surface area contributed by atoms with Crippen molar-refractivity contribution in [2.75, 3.05) is 0 Å². The summed E-state index contributed by atoms with van der Waals surface area (Å²) in [6.45, 7) is 0. The molecule has 0 fully saturated rings. The van der Waals surface area contributed by atoms with Crippen LogP contribution >= 0.6 is 24.2 Å². The first-order valence-electron chi connectivity index (χ1n) is 3.68. The Hall–Kier alpha value is -0.930. The number of nitrogens with zero attached hydrogens (tertiary/aromatic N) is 1. The molecule has 1 aromatic carbocycles. The Morgan fingerprint density at radius 3 is 2.85 bits per heavy atom. The van der Waals surface area contributed by atoms with Crippen LogP contribution in [-0.4, -0.2) is 9.81 Å². The van der Waals surface area contributed by atoms with Gasteiger partial charge in [0.05, 0.1) is 5.52 Å². The lowest BCUT2D eigenvalue weighted by Crippen LogP contribution is -1.98. The molecular weight excluding hydrogens is 206 g/mol. The molecule has 0 atom stereocenters. The second kappa shape index (κ2) is 3.09. The van der Waals surface area contributed by atoms with Crippen LogP contribution in [0, 0.1) is 0 Å². The van der Waals surface area contributed by atoms with Gasteiger partial charge in [-0.3, -0.25) is 9.36 Å². The lowest BCUT2D eigenvalue weighted by molar-refractivity contribution is 0.263. The van der Waals surface area contributed by atoms with Gasteiger partial charge in [0.15, 0.2) is 0 Å². The summed E-state index contributed by atoms with van der Waals surface area (Å²) in [7, 11) is 0. The number of rotatable bonds is 0. The molecule has 13 heavy (non-hydrogen) atoms. The van der Waals surface area contributed by atoms with E-state index in [-0.39, 0.29) is 5.24 Å². The monoisotopic (exact) mass is 211 g/mol. The lowest BCUT2D eigenvalue weighted by atomic mass is 10.2. The van der Waals surface area contributed by atoms with E-state index < -0.39 is 0 Å². The van der Waals surface area contributed by atoms with Crippen molar-refractivity contribution in [2.45, 2.75) is 0 Å². The third-order valence-corrected chi connectivity index (χ3v) is 2.31. The van der Waals surface area contributed by atoms with Crippen LogP contribution in [0.2, 0.25) is 5.02 Å². The molecule has 4 heteroatoms. The van der Waals surface area contributed by atoms with E-state index in [9.17, 15) is 4.79 Å². The number of hydrogen-bond acceptors (Lipinski definition) is 1. The highest BCUT2D eigenvalue weighted by molar-refractivity contribution is 7.96. The highest BCUT2D eigenvalue weighted by Gasteiger charge is 2.04. The van der Waals surface area contributed by atoms with Crippen LogP contribution in [0.25, 0.3) is 10.9 Å². The Kier molecular flexibility index (Phi) is 2.06. The highest BCUT2D eigenvalue weighted by Crippen LogP contribution is 2.20. The second-order valence-corrected chi connectivity index (χ2v) is 3.49. The Morgan fingerprint density at radius 2 is 2.15 bits per heavy atom. The highest BCUT2D eigenvalue weighted by atomic mass is 35.5. The van der Waals surface area contributed by atoms with Crippen LogP contribution in [0.1, 0.15) is 0 Å². The molecule has 66 valence electrons. The molecule has 0 radical (unpaired) electrons. The number of carbonyl (C=O) groups excluding carboxylic acids is 1. The maximum Gasteiger partial charge on any atom is 0.287 e. The first-order valence-corrected chi connectivity index (χ1v) is 4.51. The van der Waals surface area contributed by atoms with Crippen LogP contribution < -0.4 is 0 Å². The molecule has 0 amide bonds. The molecule has 0 aliphatic carbocycles. The molecule has 0 unspecified atom stereocenters. The summed E-state index contributed by atoms with van der Waals surface area (Å²) in [6, 6.07) is 7.18. The van der Waals surface area contributed by atoms with E-state index >= 15 is 0 Å². The van der Waals surface area contributed by atoms with Crippen molar-refractivity contribution in [3.63, 3.8) is 0 Å². The van der Waals surface area contributed by atoms with Crippen molar-refractivity contribution in [3.05, 3.63) is 35.5 Å². The number of fused-ring (bicyclic) bond motifs is 1. The van der Waals surface area contributed by atoms with Crippen LogP contribution in [-0.2, 0) is 0 Å². The summed E-state index contributed by atoms with van der Waals surface area (Å²) in [5, 5.41) is 1.31. The molecule has 1 heterocycles. The topological polar surface area (TPSA) is 22.0 Å². The minimum absolute atomic E-state index is 0.294. The minimum atomic E-state index is -0.294. The Balaban J connectivity index is 2.76. The van der Waals surface area contributed by atoms with Gasteiger partial charge in [-0.25, -0.2) is 0 Å². The lowest BCUT2D eigenvalue weighted by Gasteiger charge is -1.97. The molecule has 2 aromatic rings. The Bertz CT molecular complexity index is 477. The molecule has 1 aromatic heterocycles. The Labute approximate surface area is 85.5 Å². The number of carbonyl (C=O) groups is 1. The fourth-order valence-corrected chi connectivity index (χ4v) is 1.64. The standard InChI is InChI=1S/C9H6ClNOS/c10-7-1-2-8-6(5-7)3-4-11(8)9(12)13/h1-5H,(H,12,13). The van der Waals surface area contributed by atoms with E-state index in [1.165, 1.54) is 4.57 Å². The fraction of sp³-hybridized carbons (Fsp3) is 0. The maximum absolute atomic E-state index is 11.0. The molecule has 0 bridgehead atoms. The quantitative estimate of drug-likeness (QED) is 0.665. The van der Waals surface area contributed by atoms with Gasteiger partial charge in [-0.2, -0.15) is 0 Å². The first kappa shape index (κ1) is 8.66. The van der Waals surface area contributed by atoms with E-state index in [1.807, 2.05) is 12.1 Å². The largest absolute Gasteiger partial charge is 0.287 e. The van der Waals surface area contributed by atoms with Gasteiger partial charge in [0, 0.05) is 16.6 Å². The number of hydrogen-bond donors (Lipinski definition) is 1. The molecular formula is C9H6ClNOS. The third-order valence-electron chi connectivity index (χ3n) is 1.86. The summed E-state index contributed by atoms with van der Waals surface area (Å²) in [5.41, 5.74) is 0.824. The van der Waals surface area contributed by atoms with Crippen molar-refractivity contribution in [3.8, 4) is 0 Å². The first-order chi connectivity index (χ1) is 6.18. The SMILES string of the molecule is O=C(S)n1ccc2cc(Cl)ccc21. The third kappa shape index (κ3) is 1.45. The average Bonchev–Trinajstić information content (AvgIpc) is 2.46. The minimum Gasteiger partial charge on any atom is -0.278 e. The molecule has 0 aliphatic heterocycles. The zero-order valence-corrected chi connectivity index (χ0v) is 8.22. The molecule has 0 aliphatic rings. The molecule has 0 spiro atoms. The maximum atomic E-state index is 11.0. The normalized spacial score (nSPS) is 10.6. The van der Waals surface area contributed by atoms with Gasteiger partial charge < -0.3 is 0 Å². The Morgan fingerprint density at radius 1 is 1.38 bits per heavy atom. The van der Waals surface area contributed by atoms with Gasteiger partial charge in [-0.15, -0.1) is 0 Å². The predicted octanol–water partition coefficient (Wildman–Crippen LogP) is 3.19. The summed E-state index contributed by atoms with van der Waals surface area (Å²) in [4.78, 5) is 11.0. The zero-order chi connectivity index (χ0) is 9.42. The van der Waals surface area contributed by atoms with E-state index in [0.717, 1.165) is 10.9 Å². The number of thiol groups is 1. The van der Waals surface area contributed by atoms with Crippen molar-refractivity contribution in [2.24, 2.45) is 0 Å². The van der Waals surface area contributed by atoms with Crippen molar-refractivity contribution >= 4 is 40.4 Å². The van der Waals surface area contributed by atoms with Gasteiger partial charge in [0.2, 0.25) is 0 Å². The van der Waals surface area contributed by atoms with Crippen molar-refractivity contribution < 1.29 is 4.79 Å². The van der Waals surface area contributed by atoms with Crippen LogP contribution in [0.15, 0.2) is 30.5 Å². The van der Waals surface area contributed by atoms with E-state index in [1.54, 1.807) is 18.3 Å². The van der Waals surface area contributed by atoms with Gasteiger partial charge in [-0.1, -0.05) is 24.2 Å². The molecule has 0 N–H and O–H groups in total. The number of benzene rings is 1. The van der Waals surface area contributed by atoms with Crippen molar-refractivity contribution in [1.29, 1.82) is 0 Å². The number of aromatic nitrogens is 1. The fourth-order valence-electron chi connectivity index (χ4n) is 1.28. The molecule has 0 saturated heterocycles. The second-order valence-electron chi connectivity index (χ2n) is 2.67. The molecule has 0 saturated carbocycles. The molecule has 2 rings (SSSR count). The predicted molar refractivity (Wildman–Crippen MR) is 56.7 cm³/mol. The van der Waals surface area contributed by atoms with Crippen LogP contribution in [0.4, 0.5) is 4.79 Å². The van der Waals surface area contributed by atoms with E-state index in [0.29, 0.717) is 5.02 Å². The van der Waals surface area contributed by atoms with Crippen LogP contribution in [0.3, 0.4) is 0 Å². The van der Waals surface area contributed by atoms with E-state index in [4.69, 9.17) is 11.6 Å². The average molecular weight is 212 g/mol. The summed E-state index contributed by atoms with van der Waals surface area (Å²) in [5.74, 6) is 0. The van der Waals surface area contributed by atoms with Crippen molar-refractivity contribution in [1.82, 2.24) is 4.57 Å². The summed E-state index contributed by atoms with van der Waals surface area (Å²) < 4.78 is 1.47. The summed E-state index contributed by atoms with van der Waals surface area (Å²) >= 11 is 9.54. The van der Waals surface area contributed by atoms with Gasteiger partial charge in [0.25, 0.3) is 5.24 Å². The van der Waals surface area contributed by atoms with Gasteiger partial charge in [-0.05, 0) is 24.3 Å². The smallest absolute Gasteiger partial charge is 0.278 e.